The van der Waals surface area contributed by atoms with E-state index in [0.717, 1.165) is 32.1 Å². The predicted molar refractivity (Wildman–Crippen MR) is 88.4 cm³/mol. The molecule has 3 aliphatic rings. The number of hydrogen-bond donors (Lipinski definition) is 0. The van der Waals surface area contributed by atoms with Gasteiger partial charge in [-0.2, -0.15) is 0 Å². The summed E-state index contributed by atoms with van der Waals surface area (Å²) in [6.45, 7) is 12.7. The summed E-state index contributed by atoms with van der Waals surface area (Å²) < 4.78 is 0. The van der Waals surface area contributed by atoms with Crippen LogP contribution in [0.2, 0.25) is 0 Å². The van der Waals surface area contributed by atoms with Gasteiger partial charge in [0.15, 0.2) is 0 Å². The zero-order valence-electron chi connectivity index (χ0n) is 14.6. The molecule has 3 saturated carbocycles. The second-order valence-corrected chi connectivity index (χ2v) is 8.79. The minimum atomic E-state index is -0.429. The summed E-state index contributed by atoms with van der Waals surface area (Å²) in [6, 6.07) is 0. The van der Waals surface area contributed by atoms with E-state index >= 15 is 0 Å². The molecule has 0 unspecified atom stereocenters. The molecular formula is C20H30O2. The molecule has 0 heterocycles. The molecule has 0 spiro atoms. The Morgan fingerprint density at radius 3 is 2.41 bits per heavy atom. The van der Waals surface area contributed by atoms with Gasteiger partial charge in [-0.15, -0.1) is 6.58 Å². The van der Waals surface area contributed by atoms with Crippen molar-refractivity contribution < 1.29 is 9.59 Å². The minimum Gasteiger partial charge on any atom is -0.299 e. The zero-order valence-corrected chi connectivity index (χ0v) is 14.6. The van der Waals surface area contributed by atoms with E-state index in [1.165, 1.54) is 0 Å². The number of hydrogen-bond acceptors (Lipinski definition) is 2. The molecule has 122 valence electrons. The second kappa shape index (κ2) is 4.79. The summed E-state index contributed by atoms with van der Waals surface area (Å²) >= 11 is 0. The molecule has 22 heavy (non-hydrogen) atoms. The van der Waals surface area contributed by atoms with Crippen LogP contribution in [0.25, 0.3) is 0 Å². The Balaban J connectivity index is 2.17. The van der Waals surface area contributed by atoms with Crippen molar-refractivity contribution in [3.05, 3.63) is 12.7 Å². The Kier molecular flexibility index (Phi) is 3.47. The number of rotatable bonds is 1. The summed E-state index contributed by atoms with van der Waals surface area (Å²) in [6.07, 6.45) is 7.45. The highest BCUT2D eigenvalue weighted by molar-refractivity contribution is 5.92. The van der Waals surface area contributed by atoms with E-state index in [9.17, 15) is 9.59 Å². The van der Waals surface area contributed by atoms with Gasteiger partial charge in [-0.25, -0.2) is 0 Å². The Morgan fingerprint density at radius 1 is 1.09 bits per heavy atom. The maximum absolute atomic E-state index is 13.2. The predicted octanol–water partition coefficient (Wildman–Crippen LogP) is 4.58. The first-order valence-electron chi connectivity index (χ1n) is 8.92. The molecule has 0 aliphatic heterocycles. The third-order valence-electron chi connectivity index (χ3n) is 8.01. The average Bonchev–Trinajstić information content (AvgIpc) is 2.86. The van der Waals surface area contributed by atoms with Crippen LogP contribution in [0.5, 0.6) is 0 Å². The van der Waals surface area contributed by atoms with Crippen LogP contribution in [0.4, 0.5) is 0 Å². The number of carbonyl (C=O) groups is 2. The molecule has 3 rings (SSSR count). The topological polar surface area (TPSA) is 34.1 Å². The molecule has 0 aromatic heterocycles. The number of Topliss-reactive ketones (excluding diaryl/α,β-unsaturated/α-hetero) is 2. The summed E-state index contributed by atoms with van der Waals surface area (Å²) in [4.78, 5) is 26.0. The van der Waals surface area contributed by atoms with Crippen LogP contribution in [0, 0.1) is 34.0 Å². The largest absolute Gasteiger partial charge is 0.299 e. The molecule has 0 amide bonds. The smallest absolute Gasteiger partial charge is 0.145 e. The summed E-state index contributed by atoms with van der Waals surface area (Å²) in [7, 11) is 0. The fourth-order valence-electron chi connectivity index (χ4n) is 6.04. The summed E-state index contributed by atoms with van der Waals surface area (Å²) in [5.74, 6) is 1.37. The van der Waals surface area contributed by atoms with Crippen molar-refractivity contribution in [2.45, 2.75) is 66.2 Å². The van der Waals surface area contributed by atoms with Crippen molar-refractivity contribution in [2.24, 2.45) is 34.0 Å². The summed E-state index contributed by atoms with van der Waals surface area (Å²) in [5.41, 5.74) is -0.466. The molecular weight excluding hydrogens is 272 g/mol. The lowest BCUT2D eigenvalue weighted by Gasteiger charge is -2.58. The fourth-order valence-corrected chi connectivity index (χ4v) is 6.04. The van der Waals surface area contributed by atoms with Crippen molar-refractivity contribution in [1.82, 2.24) is 0 Å². The van der Waals surface area contributed by atoms with Crippen molar-refractivity contribution in [1.29, 1.82) is 0 Å². The molecule has 0 aromatic carbocycles. The van der Waals surface area contributed by atoms with Crippen LogP contribution in [-0.4, -0.2) is 11.6 Å². The van der Waals surface area contributed by atoms with E-state index in [4.69, 9.17) is 0 Å². The van der Waals surface area contributed by atoms with Gasteiger partial charge in [-0.3, -0.25) is 9.59 Å². The maximum Gasteiger partial charge on any atom is 0.145 e. The van der Waals surface area contributed by atoms with Crippen LogP contribution < -0.4 is 0 Å². The van der Waals surface area contributed by atoms with E-state index in [0.29, 0.717) is 23.9 Å². The van der Waals surface area contributed by atoms with E-state index in [1.54, 1.807) is 0 Å². The number of allylic oxidation sites excluding steroid dienone is 1. The average molecular weight is 302 g/mol. The molecule has 2 nitrogen and oxygen atoms in total. The van der Waals surface area contributed by atoms with Gasteiger partial charge in [0, 0.05) is 23.7 Å². The van der Waals surface area contributed by atoms with Gasteiger partial charge in [0.25, 0.3) is 0 Å². The summed E-state index contributed by atoms with van der Waals surface area (Å²) in [5, 5.41) is 0. The monoisotopic (exact) mass is 302 g/mol. The highest BCUT2D eigenvalue weighted by Gasteiger charge is 2.64. The maximum atomic E-state index is 13.2. The second-order valence-electron chi connectivity index (χ2n) is 8.79. The first kappa shape index (κ1) is 16.0. The van der Waals surface area contributed by atoms with Gasteiger partial charge in [0.1, 0.15) is 11.6 Å². The third-order valence-corrected chi connectivity index (χ3v) is 8.01. The number of ketones is 2. The number of carbonyl (C=O) groups excluding carboxylic acids is 2. The van der Waals surface area contributed by atoms with Crippen LogP contribution in [-0.2, 0) is 9.59 Å². The SMILES string of the molecule is C=C[C@]1(C)CC[C@]2(C)[C@H](C)CC[C@]3(CCC(=O)[C@@H]23)[C@@H](C)C1=O. The van der Waals surface area contributed by atoms with Gasteiger partial charge in [0.05, 0.1) is 0 Å². The lowest BCUT2D eigenvalue weighted by Crippen LogP contribution is -2.56. The molecule has 0 N–H and O–H groups in total. The van der Waals surface area contributed by atoms with E-state index in [2.05, 4.69) is 34.3 Å². The van der Waals surface area contributed by atoms with Crippen molar-refractivity contribution in [3.8, 4) is 0 Å². The van der Waals surface area contributed by atoms with Gasteiger partial charge < -0.3 is 0 Å². The molecule has 3 fully saturated rings. The van der Waals surface area contributed by atoms with Gasteiger partial charge >= 0.3 is 0 Å². The Bertz CT molecular complexity index is 536. The van der Waals surface area contributed by atoms with E-state index in [-0.39, 0.29) is 22.7 Å². The Labute approximate surface area is 134 Å². The highest BCUT2D eigenvalue weighted by Crippen LogP contribution is 2.66. The van der Waals surface area contributed by atoms with Crippen LogP contribution >= 0.6 is 0 Å². The van der Waals surface area contributed by atoms with Crippen molar-refractivity contribution in [3.63, 3.8) is 0 Å². The van der Waals surface area contributed by atoms with Crippen molar-refractivity contribution >= 4 is 11.6 Å². The Hall–Kier alpha value is -0.920. The standard InChI is InChI=1S/C20H30O2/c1-6-18(4)11-12-19(5)13(2)7-9-20(14(3)17(18)22)10-8-15(21)16(19)20/h6,13-14,16H,1,7-12H2,2-5H3/t13-,14+,16+,18-,19-,20+/m1/s1. The molecule has 6 atom stereocenters. The highest BCUT2D eigenvalue weighted by atomic mass is 16.1. The molecule has 2 bridgehead atoms. The third kappa shape index (κ3) is 1.79. The molecule has 0 aromatic rings. The van der Waals surface area contributed by atoms with Crippen LogP contribution in [0.15, 0.2) is 12.7 Å². The first-order chi connectivity index (χ1) is 10.2. The van der Waals surface area contributed by atoms with Gasteiger partial charge in [-0.1, -0.05) is 26.8 Å². The van der Waals surface area contributed by atoms with E-state index < -0.39 is 5.41 Å². The Morgan fingerprint density at radius 2 is 1.77 bits per heavy atom. The first-order valence-corrected chi connectivity index (χ1v) is 8.92. The molecule has 0 saturated heterocycles. The lowest BCUT2D eigenvalue weighted by molar-refractivity contribution is -0.155. The zero-order chi connectivity index (χ0) is 16.3. The van der Waals surface area contributed by atoms with Crippen LogP contribution in [0.1, 0.15) is 66.2 Å². The van der Waals surface area contributed by atoms with Crippen molar-refractivity contribution in [2.75, 3.05) is 0 Å². The van der Waals surface area contributed by atoms with Gasteiger partial charge in [-0.05, 0) is 55.8 Å². The fraction of sp³-hybridized carbons (Fsp3) is 0.800. The quantitative estimate of drug-likeness (QED) is 0.664. The van der Waals surface area contributed by atoms with Crippen LogP contribution in [0.3, 0.4) is 0 Å². The normalized spacial score (nSPS) is 51.9. The molecule has 0 radical (unpaired) electrons. The lowest BCUT2D eigenvalue weighted by atomic mass is 9.45. The van der Waals surface area contributed by atoms with E-state index in [1.807, 2.05) is 6.08 Å². The van der Waals surface area contributed by atoms with Gasteiger partial charge in [0.2, 0.25) is 0 Å². The molecule has 2 heteroatoms. The minimum absolute atomic E-state index is 0.0286. The molecule has 3 aliphatic carbocycles.